The first-order valence-corrected chi connectivity index (χ1v) is 7.22. The number of nitrogens with one attached hydrogen (secondary N) is 1. The van der Waals surface area contributed by atoms with Gasteiger partial charge in [-0.25, -0.2) is 8.78 Å². The van der Waals surface area contributed by atoms with Gasteiger partial charge in [0.2, 0.25) is 0 Å². The number of hydrogen-bond donors (Lipinski definition) is 1. The Morgan fingerprint density at radius 2 is 1.62 bits per heavy atom. The lowest BCUT2D eigenvalue weighted by molar-refractivity contribution is 0.491. The average molecular weight is 289 g/mol. The van der Waals surface area contributed by atoms with Crippen LogP contribution in [0.4, 0.5) is 8.78 Å². The van der Waals surface area contributed by atoms with E-state index in [1.165, 1.54) is 23.8 Å². The number of rotatable bonds is 6. The van der Waals surface area contributed by atoms with Crippen LogP contribution in [0.3, 0.4) is 0 Å². The van der Waals surface area contributed by atoms with E-state index in [1.54, 1.807) is 6.07 Å². The first-order valence-electron chi connectivity index (χ1n) is 7.22. The molecule has 1 unspecified atom stereocenters. The highest BCUT2D eigenvalue weighted by atomic mass is 19.1. The first-order chi connectivity index (χ1) is 10.1. The highest BCUT2D eigenvalue weighted by molar-refractivity contribution is 5.27. The van der Waals surface area contributed by atoms with Crippen LogP contribution in [0.5, 0.6) is 0 Å². The Kier molecular flexibility index (Phi) is 5.45. The van der Waals surface area contributed by atoms with Gasteiger partial charge in [0, 0.05) is 0 Å². The second-order valence-corrected chi connectivity index (χ2v) is 5.53. The van der Waals surface area contributed by atoms with Crippen LogP contribution in [0.1, 0.15) is 16.7 Å². The van der Waals surface area contributed by atoms with Crippen LogP contribution in [-0.2, 0) is 12.8 Å². The molecule has 0 saturated heterocycles. The van der Waals surface area contributed by atoms with Crippen molar-refractivity contribution < 1.29 is 8.78 Å². The molecule has 2 aromatic rings. The molecule has 0 bridgehead atoms. The maximum absolute atomic E-state index is 13.2. The fourth-order valence-electron chi connectivity index (χ4n) is 2.66. The molecule has 0 aromatic heterocycles. The van der Waals surface area contributed by atoms with Crippen LogP contribution < -0.4 is 5.32 Å². The first kappa shape index (κ1) is 15.6. The molecule has 21 heavy (non-hydrogen) atoms. The van der Waals surface area contributed by atoms with Gasteiger partial charge in [0.25, 0.3) is 0 Å². The van der Waals surface area contributed by atoms with Crippen molar-refractivity contribution in [3.8, 4) is 0 Å². The topological polar surface area (TPSA) is 12.0 Å². The van der Waals surface area contributed by atoms with E-state index in [9.17, 15) is 8.78 Å². The molecule has 0 amide bonds. The molecule has 2 aromatic carbocycles. The van der Waals surface area contributed by atoms with E-state index >= 15 is 0 Å². The quantitative estimate of drug-likeness (QED) is 0.850. The second kappa shape index (κ2) is 7.32. The van der Waals surface area contributed by atoms with Crippen LogP contribution in [0.2, 0.25) is 0 Å². The third-order valence-electron chi connectivity index (χ3n) is 3.74. The molecule has 112 valence electrons. The van der Waals surface area contributed by atoms with Crippen molar-refractivity contribution >= 4 is 0 Å². The van der Waals surface area contributed by atoms with E-state index in [2.05, 4.69) is 5.32 Å². The summed E-state index contributed by atoms with van der Waals surface area (Å²) in [7, 11) is 1.93. The van der Waals surface area contributed by atoms with Crippen LogP contribution in [0, 0.1) is 24.5 Å². The van der Waals surface area contributed by atoms with Crippen molar-refractivity contribution in [2.75, 3.05) is 13.6 Å². The predicted octanol–water partition coefficient (Wildman–Crippen LogP) is 3.89. The molecule has 0 radical (unpaired) electrons. The summed E-state index contributed by atoms with van der Waals surface area (Å²) in [5, 5.41) is 3.20. The Morgan fingerprint density at radius 1 is 0.952 bits per heavy atom. The van der Waals surface area contributed by atoms with Crippen molar-refractivity contribution in [3.05, 3.63) is 70.8 Å². The Hall–Kier alpha value is -1.74. The largest absolute Gasteiger partial charge is 0.319 e. The fourth-order valence-corrected chi connectivity index (χ4v) is 2.66. The van der Waals surface area contributed by atoms with Crippen molar-refractivity contribution in [2.45, 2.75) is 19.8 Å². The van der Waals surface area contributed by atoms with Crippen LogP contribution >= 0.6 is 0 Å². The van der Waals surface area contributed by atoms with Gasteiger partial charge in [-0.15, -0.1) is 0 Å². The standard InChI is InChI=1S/C18H21F2N/c1-13-9-18(20)8-5-16(13)11-15(12-21-2)10-14-3-6-17(19)7-4-14/h3-9,15,21H,10-12H2,1-2H3. The number of halogens is 2. The molecular weight excluding hydrogens is 268 g/mol. The fraction of sp³-hybridized carbons (Fsp3) is 0.333. The molecule has 0 aliphatic carbocycles. The molecule has 3 heteroatoms. The molecule has 0 fully saturated rings. The minimum absolute atomic E-state index is 0.194. The van der Waals surface area contributed by atoms with E-state index in [4.69, 9.17) is 0 Å². The highest BCUT2D eigenvalue weighted by Gasteiger charge is 2.12. The van der Waals surface area contributed by atoms with Crippen molar-refractivity contribution in [1.29, 1.82) is 0 Å². The summed E-state index contributed by atoms with van der Waals surface area (Å²) in [5.74, 6) is -0.0112. The molecule has 2 rings (SSSR count). The minimum atomic E-state index is -0.210. The van der Waals surface area contributed by atoms with Gasteiger partial charge in [-0.3, -0.25) is 0 Å². The Bertz CT molecular complexity index is 578. The second-order valence-electron chi connectivity index (χ2n) is 5.53. The van der Waals surface area contributed by atoms with E-state index in [0.717, 1.165) is 30.5 Å². The van der Waals surface area contributed by atoms with E-state index < -0.39 is 0 Å². The molecule has 0 saturated carbocycles. The maximum Gasteiger partial charge on any atom is 0.123 e. The van der Waals surface area contributed by atoms with Crippen LogP contribution in [0.25, 0.3) is 0 Å². The van der Waals surface area contributed by atoms with Crippen molar-refractivity contribution in [3.63, 3.8) is 0 Å². The Morgan fingerprint density at radius 3 is 2.24 bits per heavy atom. The summed E-state index contributed by atoms with van der Waals surface area (Å²) >= 11 is 0. The molecule has 0 heterocycles. The Balaban J connectivity index is 2.09. The van der Waals surface area contributed by atoms with Crippen LogP contribution in [-0.4, -0.2) is 13.6 Å². The Labute approximate surface area is 125 Å². The summed E-state index contributed by atoms with van der Waals surface area (Å²) < 4.78 is 26.1. The van der Waals surface area contributed by atoms with Gasteiger partial charge in [-0.05, 0) is 80.2 Å². The number of benzene rings is 2. The average Bonchev–Trinajstić information content (AvgIpc) is 2.44. The molecule has 1 nitrogen and oxygen atoms in total. The third-order valence-corrected chi connectivity index (χ3v) is 3.74. The van der Waals surface area contributed by atoms with Gasteiger partial charge < -0.3 is 5.32 Å². The molecule has 0 spiro atoms. The lowest BCUT2D eigenvalue weighted by Crippen LogP contribution is -2.23. The molecule has 0 aliphatic rings. The highest BCUT2D eigenvalue weighted by Crippen LogP contribution is 2.18. The van der Waals surface area contributed by atoms with E-state index in [1.807, 2.05) is 32.2 Å². The summed E-state index contributed by atoms with van der Waals surface area (Å²) in [6, 6.07) is 11.6. The zero-order chi connectivity index (χ0) is 15.2. The lowest BCUT2D eigenvalue weighted by Gasteiger charge is -2.18. The van der Waals surface area contributed by atoms with Gasteiger partial charge in [0.1, 0.15) is 11.6 Å². The van der Waals surface area contributed by atoms with Crippen molar-refractivity contribution in [1.82, 2.24) is 5.32 Å². The summed E-state index contributed by atoms with van der Waals surface area (Å²) in [6.07, 6.45) is 1.75. The van der Waals surface area contributed by atoms with E-state index in [0.29, 0.717) is 5.92 Å². The van der Waals surface area contributed by atoms with Crippen LogP contribution in [0.15, 0.2) is 42.5 Å². The number of hydrogen-bond acceptors (Lipinski definition) is 1. The van der Waals surface area contributed by atoms with Gasteiger partial charge in [-0.1, -0.05) is 18.2 Å². The summed E-state index contributed by atoms with van der Waals surface area (Å²) in [4.78, 5) is 0. The molecule has 1 atom stereocenters. The third kappa shape index (κ3) is 4.64. The SMILES string of the molecule is CNCC(Cc1ccc(F)cc1)Cc1ccc(F)cc1C. The number of aryl methyl sites for hydroxylation is 1. The van der Waals surface area contributed by atoms with Gasteiger partial charge >= 0.3 is 0 Å². The molecular formula is C18H21F2N. The predicted molar refractivity (Wildman–Crippen MR) is 82.4 cm³/mol. The molecule has 0 aliphatic heterocycles. The maximum atomic E-state index is 13.2. The smallest absolute Gasteiger partial charge is 0.123 e. The minimum Gasteiger partial charge on any atom is -0.319 e. The molecule has 1 N–H and O–H groups in total. The van der Waals surface area contributed by atoms with Gasteiger partial charge in [0.15, 0.2) is 0 Å². The zero-order valence-electron chi connectivity index (χ0n) is 12.5. The lowest BCUT2D eigenvalue weighted by atomic mass is 9.90. The normalized spacial score (nSPS) is 12.4. The van der Waals surface area contributed by atoms with E-state index in [-0.39, 0.29) is 11.6 Å². The van der Waals surface area contributed by atoms with Gasteiger partial charge in [-0.2, -0.15) is 0 Å². The summed E-state index contributed by atoms with van der Waals surface area (Å²) in [6.45, 7) is 2.81. The van der Waals surface area contributed by atoms with Gasteiger partial charge in [0.05, 0.1) is 0 Å². The summed E-state index contributed by atoms with van der Waals surface area (Å²) in [5.41, 5.74) is 3.27. The monoisotopic (exact) mass is 289 g/mol. The zero-order valence-corrected chi connectivity index (χ0v) is 12.5. The van der Waals surface area contributed by atoms with Crippen molar-refractivity contribution in [2.24, 2.45) is 5.92 Å².